The van der Waals surface area contributed by atoms with Gasteiger partial charge in [0.1, 0.15) is 0 Å². The van der Waals surface area contributed by atoms with Crippen molar-refractivity contribution in [3.8, 4) is 0 Å². The van der Waals surface area contributed by atoms with Crippen LogP contribution in [0.3, 0.4) is 0 Å². The van der Waals surface area contributed by atoms with E-state index in [1.807, 2.05) is 19.3 Å². The van der Waals surface area contributed by atoms with Gasteiger partial charge in [0.25, 0.3) is 0 Å². The maximum atomic E-state index is 4.62. The predicted octanol–water partition coefficient (Wildman–Crippen LogP) is 2.10. The first-order valence-corrected chi connectivity index (χ1v) is 6.23. The number of aromatic nitrogens is 2. The van der Waals surface area contributed by atoms with Crippen LogP contribution in [0.25, 0.3) is 0 Å². The molecule has 0 spiro atoms. The molecule has 2 rings (SSSR count). The summed E-state index contributed by atoms with van der Waals surface area (Å²) in [7, 11) is 1.91. The number of anilines is 1. The minimum Gasteiger partial charge on any atom is -0.318 e. The quantitative estimate of drug-likeness (QED) is 0.836. The molecule has 0 amide bonds. The second-order valence-electron chi connectivity index (χ2n) is 3.63. The largest absolute Gasteiger partial charge is 0.318 e. The fourth-order valence-electron chi connectivity index (χ4n) is 1.51. The lowest BCUT2D eigenvalue weighted by Gasteiger charge is -2.18. The van der Waals surface area contributed by atoms with Crippen LogP contribution in [-0.2, 0) is 7.05 Å². The summed E-state index contributed by atoms with van der Waals surface area (Å²) in [6.07, 6.45) is 4.23. The van der Waals surface area contributed by atoms with Gasteiger partial charge in [0, 0.05) is 25.1 Å². The topological polar surface area (TPSA) is 42.2 Å². The van der Waals surface area contributed by atoms with E-state index < -0.39 is 0 Å². The van der Waals surface area contributed by atoms with Crippen LogP contribution in [0.1, 0.15) is 19.8 Å². The SMILES string of the molecule is CCC1CCSC(Nc2ccn(C)n2)=N1. The van der Waals surface area contributed by atoms with Crippen molar-refractivity contribution in [3.05, 3.63) is 12.3 Å². The van der Waals surface area contributed by atoms with Crippen LogP contribution in [0.2, 0.25) is 0 Å². The summed E-state index contributed by atoms with van der Waals surface area (Å²) in [5, 5.41) is 8.52. The van der Waals surface area contributed by atoms with E-state index in [0.29, 0.717) is 6.04 Å². The Kier molecular flexibility index (Phi) is 3.30. The number of aliphatic imine (C=N–C) groups is 1. The Bertz CT molecular complexity index is 358. The van der Waals surface area contributed by atoms with Crippen LogP contribution in [0, 0.1) is 0 Å². The normalized spacial score (nSPS) is 21.2. The van der Waals surface area contributed by atoms with Gasteiger partial charge in [0.05, 0.1) is 6.04 Å². The zero-order chi connectivity index (χ0) is 10.7. The molecule has 0 aromatic carbocycles. The van der Waals surface area contributed by atoms with Crippen molar-refractivity contribution in [2.75, 3.05) is 11.1 Å². The summed E-state index contributed by atoms with van der Waals surface area (Å²) >= 11 is 1.78. The van der Waals surface area contributed by atoms with E-state index in [2.05, 4.69) is 22.3 Å². The van der Waals surface area contributed by atoms with E-state index in [9.17, 15) is 0 Å². The van der Waals surface area contributed by atoms with Crippen molar-refractivity contribution < 1.29 is 0 Å². The molecule has 1 aromatic heterocycles. The van der Waals surface area contributed by atoms with Crippen LogP contribution >= 0.6 is 11.8 Å². The monoisotopic (exact) mass is 224 g/mol. The minimum atomic E-state index is 0.484. The smallest absolute Gasteiger partial charge is 0.162 e. The molecule has 5 heteroatoms. The molecule has 1 aliphatic heterocycles. The summed E-state index contributed by atoms with van der Waals surface area (Å²) < 4.78 is 1.79. The van der Waals surface area contributed by atoms with Gasteiger partial charge in [-0.1, -0.05) is 18.7 Å². The zero-order valence-corrected chi connectivity index (χ0v) is 9.92. The zero-order valence-electron chi connectivity index (χ0n) is 9.10. The number of hydrogen-bond acceptors (Lipinski definition) is 4. The van der Waals surface area contributed by atoms with Gasteiger partial charge in [-0.3, -0.25) is 9.67 Å². The molecule has 0 radical (unpaired) electrons. The molecule has 4 nitrogen and oxygen atoms in total. The molecule has 0 aliphatic carbocycles. The van der Waals surface area contributed by atoms with Crippen molar-refractivity contribution in [2.45, 2.75) is 25.8 Å². The Morgan fingerprint density at radius 3 is 3.20 bits per heavy atom. The molecule has 1 atom stereocenters. The van der Waals surface area contributed by atoms with Crippen LogP contribution in [0.5, 0.6) is 0 Å². The van der Waals surface area contributed by atoms with Crippen molar-refractivity contribution in [3.63, 3.8) is 0 Å². The predicted molar refractivity (Wildman–Crippen MR) is 65.4 cm³/mol. The number of aryl methyl sites for hydroxylation is 1. The molecule has 1 unspecified atom stereocenters. The maximum absolute atomic E-state index is 4.62. The molecular formula is C10H16N4S. The highest BCUT2D eigenvalue weighted by Crippen LogP contribution is 2.20. The van der Waals surface area contributed by atoms with Gasteiger partial charge in [-0.25, -0.2) is 0 Å². The highest BCUT2D eigenvalue weighted by Gasteiger charge is 2.14. The van der Waals surface area contributed by atoms with Gasteiger partial charge in [0.2, 0.25) is 0 Å². The minimum absolute atomic E-state index is 0.484. The Morgan fingerprint density at radius 1 is 1.67 bits per heavy atom. The number of amidine groups is 1. The Labute approximate surface area is 94.2 Å². The average Bonchev–Trinajstić information content (AvgIpc) is 2.64. The molecule has 0 saturated carbocycles. The molecule has 0 fully saturated rings. The molecule has 1 N–H and O–H groups in total. The molecular weight excluding hydrogens is 208 g/mol. The van der Waals surface area contributed by atoms with E-state index in [4.69, 9.17) is 0 Å². The molecule has 0 bridgehead atoms. The third kappa shape index (κ3) is 2.75. The number of hydrogen-bond donors (Lipinski definition) is 1. The highest BCUT2D eigenvalue weighted by atomic mass is 32.2. The van der Waals surface area contributed by atoms with Gasteiger partial charge in [-0.15, -0.1) is 0 Å². The maximum Gasteiger partial charge on any atom is 0.162 e. The Morgan fingerprint density at radius 2 is 2.53 bits per heavy atom. The van der Waals surface area contributed by atoms with E-state index in [1.165, 1.54) is 6.42 Å². The van der Waals surface area contributed by atoms with E-state index in [-0.39, 0.29) is 0 Å². The molecule has 0 saturated heterocycles. The first-order chi connectivity index (χ1) is 7.28. The molecule has 1 aliphatic rings. The first-order valence-electron chi connectivity index (χ1n) is 5.25. The Hall–Kier alpha value is -0.970. The number of nitrogens with zero attached hydrogens (tertiary/aromatic N) is 3. The third-order valence-corrected chi connectivity index (χ3v) is 3.33. The Balaban J connectivity index is 2.02. The second-order valence-corrected chi connectivity index (χ2v) is 4.72. The van der Waals surface area contributed by atoms with E-state index >= 15 is 0 Å². The fraction of sp³-hybridized carbons (Fsp3) is 0.600. The van der Waals surface area contributed by atoms with Crippen LogP contribution < -0.4 is 5.32 Å². The summed E-state index contributed by atoms with van der Waals surface area (Å²) in [5.41, 5.74) is 0. The molecule has 2 heterocycles. The second kappa shape index (κ2) is 4.70. The summed E-state index contributed by atoms with van der Waals surface area (Å²) in [5.74, 6) is 2.03. The lowest BCUT2D eigenvalue weighted by atomic mass is 10.2. The number of rotatable bonds is 2. The van der Waals surface area contributed by atoms with Gasteiger partial charge in [-0.05, 0) is 12.8 Å². The standard InChI is InChI=1S/C10H16N4S/c1-3-8-5-7-15-10(11-8)12-9-4-6-14(2)13-9/h4,6,8H,3,5,7H2,1-2H3,(H,11,12,13). The van der Waals surface area contributed by atoms with Crippen molar-refractivity contribution in [1.29, 1.82) is 0 Å². The van der Waals surface area contributed by atoms with Gasteiger partial charge >= 0.3 is 0 Å². The van der Waals surface area contributed by atoms with Gasteiger partial charge in [-0.2, -0.15) is 5.10 Å². The summed E-state index contributed by atoms with van der Waals surface area (Å²) in [4.78, 5) is 4.62. The fourth-order valence-corrected chi connectivity index (χ4v) is 2.50. The lowest BCUT2D eigenvalue weighted by Crippen LogP contribution is -2.19. The van der Waals surface area contributed by atoms with E-state index in [0.717, 1.165) is 23.2 Å². The third-order valence-electron chi connectivity index (χ3n) is 2.41. The van der Waals surface area contributed by atoms with Crippen LogP contribution in [-0.4, -0.2) is 26.7 Å². The van der Waals surface area contributed by atoms with Crippen molar-refractivity contribution in [2.24, 2.45) is 12.0 Å². The van der Waals surface area contributed by atoms with Crippen LogP contribution in [0.4, 0.5) is 5.82 Å². The summed E-state index contributed by atoms with van der Waals surface area (Å²) in [6, 6.07) is 2.44. The molecule has 1 aromatic rings. The lowest BCUT2D eigenvalue weighted by molar-refractivity contribution is 0.634. The van der Waals surface area contributed by atoms with Gasteiger partial charge in [0.15, 0.2) is 11.0 Å². The average molecular weight is 224 g/mol. The molecule has 82 valence electrons. The van der Waals surface area contributed by atoms with Crippen LogP contribution in [0.15, 0.2) is 17.3 Å². The molecule has 15 heavy (non-hydrogen) atoms. The summed E-state index contributed by atoms with van der Waals surface area (Å²) in [6.45, 7) is 2.18. The first kappa shape index (κ1) is 10.5. The van der Waals surface area contributed by atoms with Crippen molar-refractivity contribution in [1.82, 2.24) is 9.78 Å². The van der Waals surface area contributed by atoms with Gasteiger partial charge < -0.3 is 5.32 Å². The number of nitrogens with one attached hydrogen (secondary N) is 1. The highest BCUT2D eigenvalue weighted by molar-refractivity contribution is 8.14. The van der Waals surface area contributed by atoms with E-state index in [1.54, 1.807) is 16.4 Å². The van der Waals surface area contributed by atoms with Crippen molar-refractivity contribution >= 4 is 22.7 Å². The number of thioether (sulfide) groups is 1.